The lowest BCUT2D eigenvalue weighted by Crippen LogP contribution is -2.32. The van der Waals surface area contributed by atoms with Crippen LogP contribution in [0.3, 0.4) is 0 Å². The summed E-state index contributed by atoms with van der Waals surface area (Å²) < 4.78 is 0. The Morgan fingerprint density at radius 1 is 1.13 bits per heavy atom. The summed E-state index contributed by atoms with van der Waals surface area (Å²) in [5.41, 5.74) is 1.10. The van der Waals surface area contributed by atoms with Crippen molar-refractivity contribution in [1.82, 2.24) is 0 Å². The number of fused-ring (bicyclic) bond motifs is 5. The van der Waals surface area contributed by atoms with Crippen LogP contribution in [0.5, 0.6) is 0 Å². The summed E-state index contributed by atoms with van der Waals surface area (Å²) in [5, 5.41) is 10.5. The van der Waals surface area contributed by atoms with Crippen molar-refractivity contribution < 1.29 is 19.5 Å². The predicted octanol–water partition coefficient (Wildman–Crippen LogP) is 0.761. The minimum absolute atomic E-state index is 0.141. The second-order valence-electron chi connectivity index (χ2n) is 6.26. The van der Waals surface area contributed by atoms with E-state index in [0.717, 1.165) is 12.5 Å². The van der Waals surface area contributed by atoms with Crippen LogP contribution in [0.25, 0.3) is 6.08 Å². The third kappa shape index (κ3) is 2.04. The summed E-state index contributed by atoms with van der Waals surface area (Å²) >= 11 is 0. The molecule has 1 aromatic rings. The average Bonchev–Trinajstić information content (AvgIpc) is 3.20. The predicted molar refractivity (Wildman–Crippen MR) is 80.7 cm³/mol. The number of carboxylic acids is 1. The van der Waals surface area contributed by atoms with Gasteiger partial charge in [-0.25, -0.2) is 4.90 Å². The van der Waals surface area contributed by atoms with E-state index >= 15 is 0 Å². The van der Waals surface area contributed by atoms with E-state index in [0.29, 0.717) is 11.3 Å². The molecule has 2 fully saturated rings. The van der Waals surface area contributed by atoms with E-state index in [1.54, 1.807) is 24.3 Å². The van der Waals surface area contributed by atoms with Gasteiger partial charge in [-0.1, -0.05) is 30.4 Å². The van der Waals surface area contributed by atoms with Crippen molar-refractivity contribution in [2.75, 3.05) is 4.90 Å². The minimum atomic E-state index is -1.29. The topological polar surface area (TPSA) is 77.5 Å². The molecule has 0 aromatic heterocycles. The highest BCUT2D eigenvalue weighted by atomic mass is 16.4. The summed E-state index contributed by atoms with van der Waals surface area (Å²) in [7, 11) is 0. The Kier molecular flexibility index (Phi) is 2.98. The first kappa shape index (κ1) is 13.9. The molecule has 5 heteroatoms. The second-order valence-corrected chi connectivity index (χ2v) is 6.26. The smallest absolute Gasteiger partial charge is 0.238 e. The molecule has 1 saturated heterocycles. The Bertz CT molecular complexity index is 749. The van der Waals surface area contributed by atoms with Crippen molar-refractivity contribution in [3.63, 3.8) is 0 Å². The van der Waals surface area contributed by atoms with Gasteiger partial charge in [0.2, 0.25) is 11.8 Å². The van der Waals surface area contributed by atoms with Gasteiger partial charge in [-0.3, -0.25) is 9.59 Å². The fourth-order valence-electron chi connectivity index (χ4n) is 4.09. The van der Waals surface area contributed by atoms with Gasteiger partial charge in [0.15, 0.2) is 0 Å². The van der Waals surface area contributed by atoms with Gasteiger partial charge in [-0.15, -0.1) is 0 Å². The molecule has 0 unspecified atom stereocenters. The molecule has 1 saturated carbocycles. The number of carboxylic acid groups (broad SMARTS) is 1. The normalized spacial score (nSPS) is 31.4. The van der Waals surface area contributed by atoms with Crippen molar-refractivity contribution in [3.05, 3.63) is 48.1 Å². The van der Waals surface area contributed by atoms with Crippen LogP contribution in [0.1, 0.15) is 12.0 Å². The average molecular weight is 308 g/mol. The fraction of sp³-hybridized carbons (Fsp3) is 0.278. The Morgan fingerprint density at radius 2 is 1.78 bits per heavy atom. The van der Waals surface area contributed by atoms with Crippen molar-refractivity contribution in [2.24, 2.45) is 23.7 Å². The zero-order valence-electron chi connectivity index (χ0n) is 12.2. The molecule has 0 spiro atoms. The van der Waals surface area contributed by atoms with Gasteiger partial charge in [0.05, 0.1) is 23.5 Å². The molecule has 0 radical (unpaired) electrons. The maximum Gasteiger partial charge on any atom is 0.238 e. The number of carbonyl (C=O) groups excluding carboxylic acids is 3. The van der Waals surface area contributed by atoms with E-state index < -0.39 is 5.97 Å². The lowest BCUT2D eigenvalue weighted by Gasteiger charge is -2.17. The van der Waals surface area contributed by atoms with E-state index in [-0.39, 0.29) is 35.5 Å². The number of anilines is 1. The number of carbonyl (C=O) groups is 3. The SMILES string of the molecule is O=C([O-])/C=C/c1cccc(N2C(=O)[C@@H]3[C@H](C2=O)[C@@H]2C=C[C@H]3C2)c1. The van der Waals surface area contributed by atoms with Gasteiger partial charge < -0.3 is 9.90 Å². The molecule has 2 amide bonds. The molecule has 116 valence electrons. The molecule has 2 aliphatic carbocycles. The van der Waals surface area contributed by atoms with Crippen LogP contribution in [0.4, 0.5) is 5.69 Å². The highest BCUT2D eigenvalue weighted by Crippen LogP contribution is 2.53. The molecule has 4 atom stereocenters. The fourth-order valence-corrected chi connectivity index (χ4v) is 4.09. The molecule has 5 nitrogen and oxygen atoms in total. The van der Waals surface area contributed by atoms with Crippen LogP contribution in [-0.4, -0.2) is 17.8 Å². The molecule has 23 heavy (non-hydrogen) atoms. The molecule has 2 bridgehead atoms. The van der Waals surface area contributed by atoms with Gasteiger partial charge in [-0.05, 0) is 42.0 Å². The Labute approximate surface area is 132 Å². The van der Waals surface area contributed by atoms with E-state index in [1.807, 2.05) is 0 Å². The third-order valence-electron chi connectivity index (χ3n) is 5.01. The lowest BCUT2D eigenvalue weighted by molar-refractivity contribution is -0.297. The number of imide groups is 1. The number of hydrogen-bond donors (Lipinski definition) is 0. The molecule has 1 aliphatic heterocycles. The number of hydrogen-bond acceptors (Lipinski definition) is 4. The number of rotatable bonds is 3. The third-order valence-corrected chi connectivity index (χ3v) is 5.01. The second kappa shape index (κ2) is 4.91. The minimum Gasteiger partial charge on any atom is -0.545 e. The number of benzene rings is 1. The first-order valence-corrected chi connectivity index (χ1v) is 7.61. The Balaban J connectivity index is 1.67. The van der Waals surface area contributed by atoms with Gasteiger partial charge in [-0.2, -0.15) is 0 Å². The highest BCUT2D eigenvalue weighted by Gasteiger charge is 2.59. The van der Waals surface area contributed by atoms with Gasteiger partial charge >= 0.3 is 0 Å². The number of aliphatic carboxylic acids is 1. The summed E-state index contributed by atoms with van der Waals surface area (Å²) in [6.45, 7) is 0. The maximum absolute atomic E-state index is 12.7. The maximum atomic E-state index is 12.7. The monoisotopic (exact) mass is 308 g/mol. The largest absolute Gasteiger partial charge is 0.545 e. The van der Waals surface area contributed by atoms with Crippen LogP contribution in [0, 0.1) is 23.7 Å². The van der Waals surface area contributed by atoms with Gasteiger partial charge in [0, 0.05) is 0 Å². The van der Waals surface area contributed by atoms with E-state index in [4.69, 9.17) is 0 Å². The molecular weight excluding hydrogens is 294 g/mol. The summed E-state index contributed by atoms with van der Waals surface area (Å²) in [4.78, 5) is 37.2. The van der Waals surface area contributed by atoms with Crippen molar-refractivity contribution in [3.8, 4) is 0 Å². The first-order valence-electron chi connectivity index (χ1n) is 7.61. The molecule has 0 N–H and O–H groups in total. The lowest BCUT2D eigenvalue weighted by atomic mass is 9.85. The number of amides is 2. The number of nitrogens with zero attached hydrogens (tertiary/aromatic N) is 1. The Morgan fingerprint density at radius 3 is 2.39 bits per heavy atom. The quantitative estimate of drug-likeness (QED) is 0.469. The standard InChI is InChI=1S/C18H15NO4/c20-14(21)7-4-10-2-1-3-13(8-10)19-17(22)15-11-5-6-12(9-11)16(15)18(19)23/h1-8,11-12,15-16H,9H2,(H,20,21)/p-1/b7-4+/t11-,12+,15-,16+. The zero-order valence-corrected chi connectivity index (χ0v) is 12.2. The first-order chi connectivity index (χ1) is 11.1. The molecule has 4 rings (SSSR count). The van der Waals surface area contributed by atoms with Crippen LogP contribution in [0.2, 0.25) is 0 Å². The Hall–Kier alpha value is -2.69. The van der Waals surface area contributed by atoms with E-state index in [9.17, 15) is 19.5 Å². The van der Waals surface area contributed by atoms with Crippen molar-refractivity contribution >= 4 is 29.5 Å². The summed E-state index contributed by atoms with van der Waals surface area (Å²) in [6.07, 6.45) is 7.32. The molecular formula is C18H14NO4-. The van der Waals surface area contributed by atoms with Crippen LogP contribution >= 0.6 is 0 Å². The van der Waals surface area contributed by atoms with Gasteiger partial charge in [0.25, 0.3) is 0 Å². The molecule has 1 heterocycles. The number of allylic oxidation sites excluding steroid dienone is 2. The molecule has 1 aromatic carbocycles. The molecule has 3 aliphatic rings. The van der Waals surface area contributed by atoms with Crippen LogP contribution in [-0.2, 0) is 14.4 Å². The van der Waals surface area contributed by atoms with Crippen molar-refractivity contribution in [2.45, 2.75) is 6.42 Å². The van der Waals surface area contributed by atoms with Crippen molar-refractivity contribution in [1.29, 1.82) is 0 Å². The van der Waals surface area contributed by atoms with Gasteiger partial charge in [0.1, 0.15) is 0 Å². The van der Waals surface area contributed by atoms with Crippen LogP contribution in [0.15, 0.2) is 42.5 Å². The summed E-state index contributed by atoms with van der Waals surface area (Å²) in [6, 6.07) is 6.75. The zero-order chi connectivity index (χ0) is 16.1. The van der Waals surface area contributed by atoms with E-state index in [2.05, 4.69) is 12.2 Å². The highest BCUT2D eigenvalue weighted by molar-refractivity contribution is 6.22. The van der Waals surface area contributed by atoms with Crippen LogP contribution < -0.4 is 10.0 Å². The van der Waals surface area contributed by atoms with E-state index in [1.165, 1.54) is 11.0 Å². The summed E-state index contributed by atoms with van der Waals surface area (Å²) in [5.74, 6) is -1.70.